The van der Waals surface area contributed by atoms with Crippen molar-refractivity contribution in [1.82, 2.24) is 4.98 Å². The third-order valence-electron chi connectivity index (χ3n) is 2.73. The molecule has 14 heavy (non-hydrogen) atoms. The number of aromatic nitrogens is 1. The van der Waals surface area contributed by atoms with E-state index in [0.717, 1.165) is 5.82 Å². The molecule has 0 radical (unpaired) electrons. The maximum atomic E-state index is 6.17. The number of nitrogens with zero attached hydrogens (tertiary/aromatic N) is 2. The molecule has 0 saturated heterocycles. The summed E-state index contributed by atoms with van der Waals surface area (Å²) in [5.74, 6) is 1.69. The van der Waals surface area contributed by atoms with Crippen molar-refractivity contribution in [3.63, 3.8) is 0 Å². The Morgan fingerprint density at radius 3 is 2.79 bits per heavy atom. The van der Waals surface area contributed by atoms with Crippen LogP contribution in [0.15, 0.2) is 18.3 Å². The summed E-state index contributed by atoms with van der Waals surface area (Å²) in [7, 11) is 4.01. The predicted molar refractivity (Wildman–Crippen MR) is 58.2 cm³/mol. The molecular weight excluding hydrogens is 174 g/mol. The van der Waals surface area contributed by atoms with E-state index in [1.165, 1.54) is 18.4 Å². The molecule has 1 aliphatic carbocycles. The minimum absolute atomic E-state index is 0.168. The lowest BCUT2D eigenvalue weighted by atomic mass is 10.0. The predicted octanol–water partition coefficient (Wildman–Crippen LogP) is 1.56. The fraction of sp³-hybridized carbons (Fsp3) is 0.545. The molecule has 0 aliphatic heterocycles. The van der Waals surface area contributed by atoms with Gasteiger partial charge in [0.15, 0.2) is 0 Å². The zero-order chi connectivity index (χ0) is 10.1. The van der Waals surface area contributed by atoms with Crippen molar-refractivity contribution in [3.05, 3.63) is 23.9 Å². The Morgan fingerprint density at radius 1 is 1.50 bits per heavy atom. The maximum Gasteiger partial charge on any atom is 0.132 e. The highest BCUT2D eigenvalue weighted by atomic mass is 15.1. The monoisotopic (exact) mass is 191 g/mol. The van der Waals surface area contributed by atoms with Crippen LogP contribution in [0, 0.1) is 5.92 Å². The third kappa shape index (κ3) is 1.73. The van der Waals surface area contributed by atoms with Crippen LogP contribution in [0.3, 0.4) is 0 Å². The molecule has 1 heterocycles. The van der Waals surface area contributed by atoms with Crippen LogP contribution in [0.25, 0.3) is 0 Å². The summed E-state index contributed by atoms with van der Waals surface area (Å²) in [6, 6.07) is 4.22. The van der Waals surface area contributed by atoms with Crippen LogP contribution in [0.2, 0.25) is 0 Å². The molecular formula is C11H17N3. The van der Waals surface area contributed by atoms with Gasteiger partial charge >= 0.3 is 0 Å². The summed E-state index contributed by atoms with van der Waals surface area (Å²) in [4.78, 5) is 6.38. The Hall–Kier alpha value is -1.09. The summed E-state index contributed by atoms with van der Waals surface area (Å²) in [6.45, 7) is 0. The molecule has 0 amide bonds. The first-order valence-corrected chi connectivity index (χ1v) is 5.08. The van der Waals surface area contributed by atoms with Crippen molar-refractivity contribution in [3.8, 4) is 0 Å². The van der Waals surface area contributed by atoms with Crippen LogP contribution in [0.5, 0.6) is 0 Å². The van der Waals surface area contributed by atoms with Gasteiger partial charge in [0.2, 0.25) is 0 Å². The second-order valence-electron chi connectivity index (χ2n) is 4.17. The molecule has 1 aliphatic rings. The molecule has 0 bridgehead atoms. The normalized spacial score (nSPS) is 17.9. The van der Waals surface area contributed by atoms with Gasteiger partial charge in [-0.2, -0.15) is 0 Å². The van der Waals surface area contributed by atoms with Crippen LogP contribution in [0.4, 0.5) is 5.82 Å². The number of rotatable bonds is 3. The van der Waals surface area contributed by atoms with E-state index in [9.17, 15) is 0 Å². The highest BCUT2D eigenvalue weighted by molar-refractivity contribution is 5.47. The minimum Gasteiger partial charge on any atom is -0.362 e. The van der Waals surface area contributed by atoms with Crippen molar-refractivity contribution in [2.45, 2.75) is 18.9 Å². The number of nitrogens with two attached hydrogens (primary N) is 1. The lowest BCUT2D eigenvalue weighted by Crippen LogP contribution is -2.19. The van der Waals surface area contributed by atoms with E-state index >= 15 is 0 Å². The van der Waals surface area contributed by atoms with Crippen LogP contribution in [0.1, 0.15) is 24.4 Å². The third-order valence-corrected chi connectivity index (χ3v) is 2.73. The van der Waals surface area contributed by atoms with E-state index in [1.54, 1.807) is 0 Å². The van der Waals surface area contributed by atoms with Gasteiger partial charge in [-0.25, -0.2) is 4.98 Å². The number of anilines is 1. The average molecular weight is 191 g/mol. The van der Waals surface area contributed by atoms with Gasteiger partial charge < -0.3 is 10.6 Å². The van der Waals surface area contributed by atoms with E-state index in [2.05, 4.69) is 11.1 Å². The topological polar surface area (TPSA) is 42.2 Å². The van der Waals surface area contributed by atoms with Crippen LogP contribution >= 0.6 is 0 Å². The van der Waals surface area contributed by atoms with Gasteiger partial charge in [0.1, 0.15) is 5.82 Å². The Kier molecular flexibility index (Phi) is 2.42. The zero-order valence-electron chi connectivity index (χ0n) is 8.77. The molecule has 1 fully saturated rings. The standard InChI is InChI=1S/C11H17N3/c1-14(2)11-9(4-3-7-13-11)10(12)8-5-6-8/h3-4,7-8,10H,5-6,12H2,1-2H3. The van der Waals surface area contributed by atoms with E-state index in [4.69, 9.17) is 5.73 Å². The van der Waals surface area contributed by atoms with Crippen LogP contribution in [-0.2, 0) is 0 Å². The molecule has 1 aromatic heterocycles. The molecule has 0 spiro atoms. The highest BCUT2D eigenvalue weighted by Gasteiger charge is 2.31. The summed E-state index contributed by atoms with van der Waals surface area (Å²) in [5, 5.41) is 0. The quantitative estimate of drug-likeness (QED) is 0.788. The first kappa shape index (κ1) is 9.46. The lowest BCUT2D eigenvalue weighted by molar-refractivity contribution is 0.630. The van der Waals surface area contributed by atoms with Crippen LogP contribution in [-0.4, -0.2) is 19.1 Å². The summed E-state index contributed by atoms with van der Waals surface area (Å²) >= 11 is 0. The van der Waals surface area contributed by atoms with Crippen molar-refractivity contribution in [1.29, 1.82) is 0 Å². The summed E-state index contributed by atoms with van der Waals surface area (Å²) in [6.07, 6.45) is 4.35. The first-order valence-electron chi connectivity index (χ1n) is 5.08. The van der Waals surface area contributed by atoms with Crippen molar-refractivity contribution in [2.75, 3.05) is 19.0 Å². The highest BCUT2D eigenvalue weighted by Crippen LogP contribution is 2.41. The van der Waals surface area contributed by atoms with Crippen molar-refractivity contribution >= 4 is 5.82 Å². The van der Waals surface area contributed by atoms with Gasteiger partial charge in [0, 0.05) is 31.9 Å². The molecule has 1 unspecified atom stereocenters. The van der Waals surface area contributed by atoms with E-state index in [0.29, 0.717) is 5.92 Å². The van der Waals surface area contributed by atoms with Crippen molar-refractivity contribution in [2.24, 2.45) is 11.7 Å². The van der Waals surface area contributed by atoms with E-state index < -0.39 is 0 Å². The first-order chi connectivity index (χ1) is 6.70. The van der Waals surface area contributed by atoms with Gasteiger partial charge in [0.05, 0.1) is 0 Å². The molecule has 2 rings (SSSR count). The Balaban J connectivity index is 2.30. The minimum atomic E-state index is 0.168. The number of pyridine rings is 1. The van der Waals surface area contributed by atoms with Gasteiger partial charge in [-0.15, -0.1) is 0 Å². The van der Waals surface area contributed by atoms with Gasteiger partial charge in [-0.1, -0.05) is 6.07 Å². The average Bonchev–Trinajstić information content (AvgIpc) is 3.00. The Labute approximate surface area is 84.9 Å². The molecule has 0 aromatic carbocycles. The van der Waals surface area contributed by atoms with E-state index in [-0.39, 0.29) is 6.04 Å². The number of hydrogen-bond acceptors (Lipinski definition) is 3. The summed E-state index contributed by atoms with van der Waals surface area (Å²) in [5.41, 5.74) is 7.35. The smallest absolute Gasteiger partial charge is 0.132 e. The second kappa shape index (κ2) is 3.58. The lowest BCUT2D eigenvalue weighted by Gasteiger charge is -2.19. The summed E-state index contributed by atoms with van der Waals surface area (Å²) < 4.78 is 0. The zero-order valence-corrected chi connectivity index (χ0v) is 8.77. The Bertz CT molecular complexity index is 318. The molecule has 1 aromatic rings. The fourth-order valence-corrected chi connectivity index (χ4v) is 1.75. The largest absolute Gasteiger partial charge is 0.362 e. The molecule has 3 heteroatoms. The molecule has 76 valence electrons. The molecule has 2 N–H and O–H groups in total. The van der Waals surface area contributed by atoms with Crippen molar-refractivity contribution < 1.29 is 0 Å². The Morgan fingerprint density at radius 2 is 2.21 bits per heavy atom. The van der Waals surface area contributed by atoms with Gasteiger partial charge in [-0.3, -0.25) is 0 Å². The van der Waals surface area contributed by atoms with Gasteiger partial charge in [-0.05, 0) is 24.8 Å². The maximum absolute atomic E-state index is 6.17. The van der Waals surface area contributed by atoms with Crippen LogP contribution < -0.4 is 10.6 Å². The second-order valence-corrected chi connectivity index (χ2v) is 4.17. The molecule has 3 nitrogen and oxygen atoms in total. The molecule has 1 atom stereocenters. The SMILES string of the molecule is CN(C)c1ncccc1C(N)C1CC1. The fourth-order valence-electron chi connectivity index (χ4n) is 1.75. The van der Waals surface area contributed by atoms with E-state index in [1.807, 2.05) is 31.3 Å². The molecule has 1 saturated carbocycles. The van der Waals surface area contributed by atoms with Gasteiger partial charge in [0.25, 0.3) is 0 Å². The number of hydrogen-bond donors (Lipinski definition) is 1.